The van der Waals surface area contributed by atoms with E-state index in [2.05, 4.69) is 0 Å². The minimum atomic E-state index is -2.88. The number of alkyl halides is 3. The number of carbonyl (C=O) groups excluding carboxylic acids is 1. The highest BCUT2D eigenvalue weighted by Crippen LogP contribution is 2.47. The van der Waals surface area contributed by atoms with Gasteiger partial charge < -0.3 is 4.74 Å². The van der Waals surface area contributed by atoms with Gasteiger partial charge in [0.25, 0.3) is 5.92 Å². The van der Waals surface area contributed by atoms with Crippen molar-refractivity contribution in [2.24, 2.45) is 11.8 Å². The lowest BCUT2D eigenvalue weighted by molar-refractivity contribution is -0.122. The molecule has 1 fully saturated rings. The van der Waals surface area contributed by atoms with E-state index in [-0.39, 0.29) is 23.9 Å². The molecule has 1 atom stereocenters. The molecule has 0 amide bonds. The zero-order chi connectivity index (χ0) is 21.5. The number of hydrogen-bond acceptors (Lipinski definition) is 2. The van der Waals surface area contributed by atoms with Gasteiger partial charge in [0.15, 0.2) is 5.78 Å². The molecule has 0 aromatic heterocycles. The maximum atomic E-state index is 13.8. The van der Waals surface area contributed by atoms with Gasteiger partial charge in [-0.25, -0.2) is 8.78 Å². The largest absolute Gasteiger partial charge is 0.366 e. The van der Waals surface area contributed by atoms with Gasteiger partial charge in [-0.2, -0.15) is 0 Å². The number of ether oxygens (including phenoxy) is 1. The van der Waals surface area contributed by atoms with Crippen LogP contribution in [0.1, 0.15) is 69.1 Å². The lowest BCUT2D eigenvalue weighted by atomic mass is 9.69. The number of fused-ring (bicyclic) bond motifs is 1. The second-order valence-corrected chi connectivity index (χ2v) is 9.54. The Morgan fingerprint density at radius 1 is 1.20 bits per heavy atom. The van der Waals surface area contributed by atoms with Gasteiger partial charge in [-0.15, -0.1) is 0 Å². The van der Waals surface area contributed by atoms with Gasteiger partial charge in [0, 0.05) is 24.0 Å². The number of benzene rings is 1. The van der Waals surface area contributed by atoms with Crippen molar-refractivity contribution in [1.82, 2.24) is 0 Å². The molecule has 1 aromatic rings. The van der Waals surface area contributed by atoms with E-state index < -0.39 is 11.5 Å². The molecule has 1 heterocycles. The summed E-state index contributed by atoms with van der Waals surface area (Å²) >= 11 is 0. The fraction of sp³-hybridized carbons (Fsp3) is 0.640. The molecule has 2 aliphatic carbocycles. The van der Waals surface area contributed by atoms with E-state index in [1.807, 2.05) is 6.92 Å². The van der Waals surface area contributed by atoms with Crippen molar-refractivity contribution >= 4 is 5.78 Å². The van der Waals surface area contributed by atoms with Crippen LogP contribution in [0.5, 0.6) is 0 Å². The number of rotatable bonds is 5. The summed E-state index contributed by atoms with van der Waals surface area (Å²) in [6.45, 7) is 3.07. The van der Waals surface area contributed by atoms with Crippen LogP contribution in [-0.4, -0.2) is 24.7 Å². The van der Waals surface area contributed by atoms with Crippen molar-refractivity contribution in [2.45, 2.75) is 76.7 Å². The summed E-state index contributed by atoms with van der Waals surface area (Å²) < 4.78 is 46.5. The van der Waals surface area contributed by atoms with Crippen LogP contribution in [-0.2, 0) is 28.3 Å². The van der Waals surface area contributed by atoms with Crippen molar-refractivity contribution in [3.05, 3.63) is 46.0 Å². The first kappa shape index (κ1) is 21.6. The second kappa shape index (κ2) is 8.14. The van der Waals surface area contributed by atoms with Crippen LogP contribution in [0.25, 0.3) is 0 Å². The number of halogens is 3. The van der Waals surface area contributed by atoms with E-state index in [1.165, 1.54) is 6.07 Å². The standard InChI is InChI=1S/C25H31F3O2/c1-16-15-30-25(10-7-17(8-11-25)9-12-26)22(16)23(29)19-4-3-18-5-6-21(24(2,27)28)14-20(18)13-19/h5-6,14,17,19H,3-4,7-13,15H2,1-2H3. The van der Waals surface area contributed by atoms with E-state index in [0.717, 1.165) is 67.7 Å². The Morgan fingerprint density at radius 2 is 1.93 bits per heavy atom. The van der Waals surface area contributed by atoms with E-state index in [0.29, 0.717) is 25.4 Å². The topological polar surface area (TPSA) is 26.3 Å². The zero-order valence-electron chi connectivity index (χ0n) is 17.9. The Balaban J connectivity index is 1.54. The molecule has 1 aromatic carbocycles. The molecular formula is C25H31F3O2. The van der Waals surface area contributed by atoms with Crippen LogP contribution >= 0.6 is 0 Å². The van der Waals surface area contributed by atoms with Gasteiger partial charge in [0.1, 0.15) is 0 Å². The van der Waals surface area contributed by atoms with Crippen LogP contribution in [0.2, 0.25) is 0 Å². The Kier molecular flexibility index (Phi) is 5.86. The third-order valence-corrected chi connectivity index (χ3v) is 7.44. The minimum absolute atomic E-state index is 0.0107. The average Bonchev–Trinajstić information content (AvgIpc) is 3.03. The van der Waals surface area contributed by atoms with Crippen molar-refractivity contribution in [2.75, 3.05) is 13.3 Å². The third-order valence-electron chi connectivity index (χ3n) is 7.44. The highest BCUT2D eigenvalue weighted by Gasteiger charge is 2.48. The summed E-state index contributed by atoms with van der Waals surface area (Å²) in [7, 11) is 0. The average molecular weight is 421 g/mol. The molecule has 0 saturated heterocycles. The molecule has 1 spiro atoms. The molecular weight excluding hydrogens is 389 g/mol. The summed E-state index contributed by atoms with van der Waals surface area (Å²) in [4.78, 5) is 13.6. The Hall–Kier alpha value is -1.62. The summed E-state index contributed by atoms with van der Waals surface area (Å²) in [6, 6.07) is 4.88. The molecule has 4 rings (SSSR count). The van der Waals surface area contributed by atoms with Gasteiger partial charge in [0.2, 0.25) is 0 Å². The van der Waals surface area contributed by atoms with E-state index in [9.17, 15) is 18.0 Å². The second-order valence-electron chi connectivity index (χ2n) is 9.54. The Labute approximate surface area is 176 Å². The summed E-state index contributed by atoms with van der Waals surface area (Å²) in [5, 5.41) is 0. The van der Waals surface area contributed by atoms with Crippen molar-refractivity contribution < 1.29 is 22.7 Å². The molecule has 164 valence electrons. The monoisotopic (exact) mass is 420 g/mol. The maximum absolute atomic E-state index is 13.8. The maximum Gasteiger partial charge on any atom is 0.270 e. The van der Waals surface area contributed by atoms with Crippen molar-refractivity contribution in [1.29, 1.82) is 0 Å². The minimum Gasteiger partial charge on any atom is -0.366 e. The molecule has 5 heteroatoms. The molecule has 3 aliphatic rings. The van der Waals surface area contributed by atoms with Crippen LogP contribution in [0.3, 0.4) is 0 Å². The first-order valence-corrected chi connectivity index (χ1v) is 11.2. The number of hydrogen-bond donors (Lipinski definition) is 0. The van der Waals surface area contributed by atoms with Crippen LogP contribution in [0.15, 0.2) is 29.3 Å². The van der Waals surface area contributed by atoms with Crippen LogP contribution < -0.4 is 0 Å². The third kappa shape index (κ3) is 3.98. The first-order chi connectivity index (χ1) is 14.2. The van der Waals surface area contributed by atoms with Crippen molar-refractivity contribution in [3.8, 4) is 0 Å². The number of carbonyl (C=O) groups is 1. The normalized spacial score (nSPS) is 29.4. The van der Waals surface area contributed by atoms with Gasteiger partial charge in [-0.1, -0.05) is 12.1 Å². The first-order valence-electron chi connectivity index (χ1n) is 11.2. The van der Waals surface area contributed by atoms with E-state index in [4.69, 9.17) is 4.74 Å². The summed E-state index contributed by atoms with van der Waals surface area (Å²) in [5.41, 5.74) is 3.26. The van der Waals surface area contributed by atoms with E-state index in [1.54, 1.807) is 12.1 Å². The predicted molar refractivity (Wildman–Crippen MR) is 110 cm³/mol. The molecule has 0 bridgehead atoms. The molecule has 2 nitrogen and oxygen atoms in total. The molecule has 1 saturated carbocycles. The molecule has 30 heavy (non-hydrogen) atoms. The number of aryl methyl sites for hydroxylation is 1. The summed E-state index contributed by atoms with van der Waals surface area (Å²) in [6.07, 6.45) is 5.89. The SMILES string of the molecule is CC1=C(C(=O)C2CCc3ccc(C(C)(F)F)cc3C2)C2(CCC(CCF)CC2)OC1. The lowest BCUT2D eigenvalue weighted by Gasteiger charge is -2.39. The molecule has 0 radical (unpaired) electrons. The quantitative estimate of drug-likeness (QED) is 0.575. The lowest BCUT2D eigenvalue weighted by Crippen LogP contribution is -2.41. The number of Topliss-reactive ketones (excluding diaryl/α,β-unsaturated/α-hetero) is 1. The van der Waals surface area contributed by atoms with Gasteiger partial charge >= 0.3 is 0 Å². The predicted octanol–water partition coefficient (Wildman–Crippen LogP) is 6.11. The summed E-state index contributed by atoms with van der Waals surface area (Å²) in [5.74, 6) is -2.57. The van der Waals surface area contributed by atoms with Gasteiger partial charge in [0.05, 0.1) is 18.9 Å². The zero-order valence-corrected chi connectivity index (χ0v) is 17.9. The van der Waals surface area contributed by atoms with E-state index >= 15 is 0 Å². The Morgan fingerprint density at radius 3 is 2.60 bits per heavy atom. The Bertz CT molecular complexity index is 844. The fourth-order valence-electron chi connectivity index (χ4n) is 5.65. The fourth-order valence-corrected chi connectivity index (χ4v) is 5.65. The van der Waals surface area contributed by atoms with Crippen LogP contribution in [0.4, 0.5) is 13.2 Å². The highest BCUT2D eigenvalue weighted by molar-refractivity contribution is 6.00. The molecule has 0 N–H and O–H groups in total. The van der Waals surface area contributed by atoms with Crippen LogP contribution in [0, 0.1) is 11.8 Å². The van der Waals surface area contributed by atoms with Crippen molar-refractivity contribution in [3.63, 3.8) is 0 Å². The highest BCUT2D eigenvalue weighted by atomic mass is 19.3. The molecule has 1 aliphatic heterocycles. The van der Waals surface area contributed by atoms with Gasteiger partial charge in [-0.05, 0) is 87.0 Å². The number of ketones is 1. The molecule has 1 unspecified atom stereocenters. The smallest absolute Gasteiger partial charge is 0.270 e. The van der Waals surface area contributed by atoms with Gasteiger partial charge in [-0.3, -0.25) is 9.18 Å².